The highest BCUT2D eigenvalue weighted by molar-refractivity contribution is 9.10. The van der Waals surface area contributed by atoms with E-state index in [0.29, 0.717) is 11.1 Å². The fraction of sp³-hybridized carbons (Fsp3) is 0. The maximum absolute atomic E-state index is 11.8. The van der Waals surface area contributed by atoms with Gasteiger partial charge in [-0.1, -0.05) is 15.9 Å². The van der Waals surface area contributed by atoms with Gasteiger partial charge in [0, 0.05) is 28.0 Å². The summed E-state index contributed by atoms with van der Waals surface area (Å²) in [5.41, 5.74) is 1.10. The highest BCUT2D eigenvalue weighted by Crippen LogP contribution is 2.23. The Kier molecular flexibility index (Phi) is 3.89. The van der Waals surface area contributed by atoms with Crippen molar-refractivity contribution in [2.45, 2.75) is 0 Å². The molecule has 0 fully saturated rings. The Bertz CT molecular complexity index is 594. The van der Waals surface area contributed by atoms with E-state index < -0.39 is 0 Å². The molecule has 0 unspecified atom stereocenters. The lowest BCUT2D eigenvalue weighted by molar-refractivity contribution is 0.104. The van der Waals surface area contributed by atoms with Gasteiger partial charge in [-0.05, 0) is 42.5 Å². The maximum Gasteiger partial charge on any atom is 0.187 e. The molecule has 90 valence electrons. The van der Waals surface area contributed by atoms with Gasteiger partial charge in [0.2, 0.25) is 0 Å². The number of carbonyl (C=O) groups excluding carboxylic acids is 1. The van der Waals surface area contributed by atoms with Crippen LogP contribution >= 0.6 is 15.9 Å². The number of aromatic hydroxyl groups is 1. The molecule has 1 aromatic carbocycles. The standard InChI is InChI=1S/C14H10BrNO2/c15-12-4-6-13(17)10(8-12)3-5-14(18)11-2-1-7-16-9-11/h1-9,17H. The first-order chi connectivity index (χ1) is 8.66. The Hall–Kier alpha value is -1.94. The van der Waals surface area contributed by atoms with Gasteiger partial charge in [-0.3, -0.25) is 9.78 Å². The first-order valence-corrected chi connectivity index (χ1v) is 6.07. The molecule has 2 aromatic rings. The summed E-state index contributed by atoms with van der Waals surface area (Å²) in [6.07, 6.45) is 6.11. The highest BCUT2D eigenvalue weighted by atomic mass is 79.9. The molecule has 1 aromatic heterocycles. The van der Waals surface area contributed by atoms with Crippen molar-refractivity contribution in [2.24, 2.45) is 0 Å². The summed E-state index contributed by atoms with van der Waals surface area (Å²) in [6, 6.07) is 8.44. The van der Waals surface area contributed by atoms with Gasteiger partial charge in [0.25, 0.3) is 0 Å². The lowest BCUT2D eigenvalue weighted by Gasteiger charge is -1.99. The number of allylic oxidation sites excluding steroid dienone is 1. The Labute approximate surface area is 113 Å². The van der Waals surface area contributed by atoms with E-state index in [1.807, 2.05) is 0 Å². The van der Waals surface area contributed by atoms with Crippen LogP contribution in [0.1, 0.15) is 15.9 Å². The van der Waals surface area contributed by atoms with E-state index in [0.717, 1.165) is 4.47 Å². The van der Waals surface area contributed by atoms with Crippen molar-refractivity contribution >= 4 is 27.8 Å². The SMILES string of the molecule is O=C(C=Cc1cc(Br)ccc1O)c1cccnc1. The third kappa shape index (κ3) is 3.05. The third-order valence-corrected chi connectivity index (χ3v) is 2.84. The van der Waals surface area contributed by atoms with Gasteiger partial charge in [0.15, 0.2) is 5.78 Å². The molecule has 0 radical (unpaired) electrons. The van der Waals surface area contributed by atoms with Gasteiger partial charge in [-0.25, -0.2) is 0 Å². The molecule has 0 aliphatic heterocycles. The number of hydrogen-bond donors (Lipinski definition) is 1. The Morgan fingerprint density at radius 2 is 2.17 bits per heavy atom. The lowest BCUT2D eigenvalue weighted by atomic mass is 10.1. The minimum atomic E-state index is -0.150. The summed E-state index contributed by atoms with van der Waals surface area (Å²) in [7, 11) is 0. The van der Waals surface area contributed by atoms with Gasteiger partial charge in [-0.2, -0.15) is 0 Å². The number of carbonyl (C=O) groups is 1. The average Bonchev–Trinajstić information content (AvgIpc) is 2.40. The van der Waals surface area contributed by atoms with Crippen LogP contribution in [0.5, 0.6) is 5.75 Å². The fourth-order valence-electron chi connectivity index (χ4n) is 1.43. The monoisotopic (exact) mass is 303 g/mol. The number of pyridine rings is 1. The second-order valence-corrected chi connectivity index (χ2v) is 4.56. The van der Waals surface area contributed by atoms with Crippen LogP contribution in [-0.2, 0) is 0 Å². The molecule has 3 nitrogen and oxygen atoms in total. The van der Waals surface area contributed by atoms with E-state index in [4.69, 9.17) is 0 Å². The van der Waals surface area contributed by atoms with Crippen molar-refractivity contribution < 1.29 is 9.90 Å². The van der Waals surface area contributed by atoms with Crippen LogP contribution in [-0.4, -0.2) is 15.9 Å². The number of phenols is 1. The topological polar surface area (TPSA) is 50.2 Å². The molecule has 0 spiro atoms. The van der Waals surface area contributed by atoms with Crippen LogP contribution < -0.4 is 0 Å². The number of phenolic OH excluding ortho intramolecular Hbond substituents is 1. The molecule has 1 N–H and O–H groups in total. The zero-order valence-electron chi connectivity index (χ0n) is 9.38. The van der Waals surface area contributed by atoms with Gasteiger partial charge in [0.1, 0.15) is 5.75 Å². The predicted molar refractivity (Wildman–Crippen MR) is 73.4 cm³/mol. The first-order valence-electron chi connectivity index (χ1n) is 5.28. The molecule has 0 saturated carbocycles. The number of nitrogens with zero attached hydrogens (tertiary/aromatic N) is 1. The van der Waals surface area contributed by atoms with Crippen molar-refractivity contribution in [1.29, 1.82) is 0 Å². The summed E-state index contributed by atoms with van der Waals surface area (Å²) in [5.74, 6) is -0.0177. The summed E-state index contributed by atoms with van der Waals surface area (Å²) in [4.78, 5) is 15.7. The molecule has 0 atom stereocenters. The Morgan fingerprint density at radius 3 is 2.89 bits per heavy atom. The van der Waals surface area contributed by atoms with Crippen molar-refractivity contribution in [3.8, 4) is 5.75 Å². The summed E-state index contributed by atoms with van der Waals surface area (Å²) in [6.45, 7) is 0. The van der Waals surface area contributed by atoms with E-state index in [1.54, 1.807) is 42.6 Å². The molecule has 0 amide bonds. The van der Waals surface area contributed by atoms with E-state index >= 15 is 0 Å². The van der Waals surface area contributed by atoms with Crippen LogP contribution in [0.2, 0.25) is 0 Å². The lowest BCUT2D eigenvalue weighted by Crippen LogP contribution is -1.94. The number of benzene rings is 1. The molecule has 2 rings (SSSR count). The largest absolute Gasteiger partial charge is 0.507 e. The minimum Gasteiger partial charge on any atom is -0.507 e. The van der Waals surface area contributed by atoms with Gasteiger partial charge in [0.05, 0.1) is 0 Å². The number of rotatable bonds is 3. The molecule has 0 bridgehead atoms. The molecular formula is C14H10BrNO2. The molecule has 1 heterocycles. The van der Waals surface area contributed by atoms with Crippen LogP contribution in [0.4, 0.5) is 0 Å². The second kappa shape index (κ2) is 5.60. The molecule has 0 aliphatic carbocycles. The number of ketones is 1. The molecule has 18 heavy (non-hydrogen) atoms. The van der Waals surface area contributed by atoms with E-state index in [-0.39, 0.29) is 11.5 Å². The predicted octanol–water partition coefficient (Wildman–Crippen LogP) is 3.45. The Morgan fingerprint density at radius 1 is 1.33 bits per heavy atom. The van der Waals surface area contributed by atoms with Gasteiger partial charge < -0.3 is 5.11 Å². The minimum absolute atomic E-state index is 0.133. The van der Waals surface area contributed by atoms with E-state index in [2.05, 4.69) is 20.9 Å². The number of halogens is 1. The fourth-order valence-corrected chi connectivity index (χ4v) is 1.81. The zero-order chi connectivity index (χ0) is 13.0. The quantitative estimate of drug-likeness (QED) is 0.698. The molecule has 0 saturated heterocycles. The first kappa shape index (κ1) is 12.5. The normalized spacial score (nSPS) is 10.7. The Balaban J connectivity index is 2.21. The van der Waals surface area contributed by atoms with Gasteiger partial charge >= 0.3 is 0 Å². The van der Waals surface area contributed by atoms with Crippen LogP contribution in [0.15, 0.2) is 53.3 Å². The average molecular weight is 304 g/mol. The van der Waals surface area contributed by atoms with Crippen molar-refractivity contribution in [1.82, 2.24) is 4.98 Å². The molecule has 0 aliphatic rings. The third-order valence-electron chi connectivity index (χ3n) is 2.35. The van der Waals surface area contributed by atoms with Crippen molar-refractivity contribution in [2.75, 3.05) is 0 Å². The number of hydrogen-bond acceptors (Lipinski definition) is 3. The molecular weight excluding hydrogens is 294 g/mol. The van der Waals surface area contributed by atoms with Crippen LogP contribution in [0.3, 0.4) is 0 Å². The molecule has 4 heteroatoms. The summed E-state index contributed by atoms with van der Waals surface area (Å²) >= 11 is 3.31. The van der Waals surface area contributed by atoms with E-state index in [1.165, 1.54) is 12.3 Å². The van der Waals surface area contributed by atoms with Crippen molar-refractivity contribution in [3.05, 3.63) is 64.4 Å². The smallest absolute Gasteiger partial charge is 0.187 e. The van der Waals surface area contributed by atoms with Gasteiger partial charge in [-0.15, -0.1) is 0 Å². The number of aromatic nitrogens is 1. The zero-order valence-corrected chi connectivity index (χ0v) is 11.0. The van der Waals surface area contributed by atoms with Crippen LogP contribution in [0.25, 0.3) is 6.08 Å². The summed E-state index contributed by atoms with van der Waals surface area (Å²) in [5, 5.41) is 9.62. The second-order valence-electron chi connectivity index (χ2n) is 3.64. The summed E-state index contributed by atoms with van der Waals surface area (Å²) < 4.78 is 0.841. The van der Waals surface area contributed by atoms with E-state index in [9.17, 15) is 9.90 Å². The van der Waals surface area contributed by atoms with Crippen molar-refractivity contribution in [3.63, 3.8) is 0 Å². The maximum atomic E-state index is 11.8. The van der Waals surface area contributed by atoms with Crippen LogP contribution in [0, 0.1) is 0 Å². The highest BCUT2D eigenvalue weighted by Gasteiger charge is 2.02.